The standard InChI is InChI=1S/3C17H19ClO5.C9H9ClO4.C9H10O4.C8H10O/c3*1-9-12(16(20)21-3)8-13(18)15-14(9)22-17(2,23-15)10-4-6-11(19)7-5-10;1-4-5(9(13)14-2)3-6(10)8(12)7(4)11;1-5-6(9(12)13-2)3-4-7(10)8(5)11;1-2-7-3-5-8(9)6-4-7/h3*8,10H,4-7H2,1-3H3;3,11-12H,1-2H3;3-4,10-11H,1-2H3;1,7H,3-6H2/t2*17-;;;;/m10..../s1. The average molecular weight is 1540 g/mol. The Labute approximate surface area is 628 Å². The molecule has 5 aromatic rings. The van der Waals surface area contributed by atoms with Gasteiger partial charge in [0, 0.05) is 124 Å². The summed E-state index contributed by atoms with van der Waals surface area (Å²) in [6, 6.07) is 8.52. The maximum atomic E-state index is 11.9. The van der Waals surface area contributed by atoms with Gasteiger partial charge in [0.25, 0.3) is 17.4 Å². The lowest BCUT2D eigenvalue weighted by Crippen LogP contribution is -2.44. The molecule has 0 spiro atoms. The number of methoxy groups -OCH3 is 5. The maximum absolute atomic E-state index is 11.9. The lowest BCUT2D eigenvalue weighted by molar-refractivity contribution is -0.136. The molecule has 566 valence electrons. The van der Waals surface area contributed by atoms with Crippen molar-refractivity contribution < 1.29 is 116 Å². The third-order valence-electron chi connectivity index (χ3n) is 19.7. The summed E-state index contributed by atoms with van der Waals surface area (Å²) in [5.41, 5.74) is 3.95. The Morgan fingerprint density at radius 2 is 0.629 bits per heavy atom. The fraction of sp³-hybridized carbons (Fsp3) is 0.468. The molecular weight excluding hydrogens is 1450 g/mol. The number of carbonyl (C=O) groups excluding carboxylic acids is 9. The lowest BCUT2D eigenvalue weighted by atomic mass is 9.83. The minimum atomic E-state index is -0.869. The number of esters is 5. The van der Waals surface area contributed by atoms with Crippen molar-refractivity contribution in [3.05, 3.63) is 112 Å². The number of hydrogen-bond donors (Lipinski definition) is 4. The second-order valence-corrected chi connectivity index (χ2v) is 28.1. The van der Waals surface area contributed by atoms with Gasteiger partial charge in [-0.3, -0.25) is 19.2 Å². The van der Waals surface area contributed by atoms with Crippen molar-refractivity contribution in [2.24, 2.45) is 23.7 Å². The van der Waals surface area contributed by atoms with Crippen LogP contribution in [0.25, 0.3) is 0 Å². The number of rotatable bonds is 8. The van der Waals surface area contributed by atoms with Crippen molar-refractivity contribution in [2.75, 3.05) is 35.5 Å². The van der Waals surface area contributed by atoms with Crippen LogP contribution in [0.3, 0.4) is 0 Å². The molecule has 4 saturated carbocycles. The second kappa shape index (κ2) is 35.3. The van der Waals surface area contributed by atoms with Gasteiger partial charge >= 0.3 is 29.8 Å². The molecule has 4 N–H and O–H groups in total. The number of benzene rings is 5. The molecule has 24 nitrogen and oxygen atoms in total. The number of ether oxygens (including phenoxy) is 11. The van der Waals surface area contributed by atoms with Gasteiger partial charge in [0.05, 0.1) is 83.5 Å². The van der Waals surface area contributed by atoms with Crippen molar-refractivity contribution in [3.63, 3.8) is 0 Å². The molecule has 1 unspecified atom stereocenters. The molecule has 0 radical (unpaired) electrons. The van der Waals surface area contributed by atoms with E-state index < -0.39 is 58.7 Å². The zero-order chi connectivity index (χ0) is 77.9. The highest BCUT2D eigenvalue weighted by atomic mass is 35.5. The smallest absolute Gasteiger partial charge is 0.338 e. The van der Waals surface area contributed by atoms with Crippen LogP contribution in [0.5, 0.6) is 57.5 Å². The molecule has 3 aliphatic heterocycles. The summed E-state index contributed by atoms with van der Waals surface area (Å²) in [5, 5.41) is 37.8. The highest BCUT2D eigenvalue weighted by Gasteiger charge is 2.50. The van der Waals surface area contributed by atoms with E-state index in [1.165, 1.54) is 67.6 Å². The lowest BCUT2D eigenvalue weighted by Gasteiger charge is -2.34. The van der Waals surface area contributed by atoms with E-state index in [4.69, 9.17) is 101 Å². The Morgan fingerprint density at radius 3 is 0.914 bits per heavy atom. The largest absolute Gasteiger partial charge is 0.504 e. The SMILES string of the molecule is C#CC1CCC(=O)CC1.COC(=O)c1cc(Cl)c(O)c(O)c1C.COC(=O)c1cc(Cl)c2c(c1C)OC(C)(C1CCC(=O)CC1)O2.COC(=O)c1cc(Cl)c2c(c1C)O[C@@](C)(C1CCC(=O)CC1)O2.COC(=O)c1cc(Cl)c2c(c1C)O[C@](C)(C1CCC(=O)CC1)O2.COC(=O)c1ccc(O)c(O)c1C. The minimum Gasteiger partial charge on any atom is -0.504 e. The van der Waals surface area contributed by atoms with Gasteiger partial charge < -0.3 is 72.5 Å². The van der Waals surface area contributed by atoms with Gasteiger partial charge in [0.2, 0.25) is 0 Å². The first-order valence-electron chi connectivity index (χ1n) is 33.8. The topological polar surface area (TPSA) is 336 Å². The molecule has 3 atom stereocenters. The van der Waals surface area contributed by atoms with Crippen molar-refractivity contribution >= 4 is 99.4 Å². The van der Waals surface area contributed by atoms with Crippen LogP contribution in [0.1, 0.15) is 203 Å². The number of ketones is 4. The Bertz CT molecular complexity index is 3950. The molecule has 0 saturated heterocycles. The summed E-state index contributed by atoms with van der Waals surface area (Å²) >= 11 is 24.4. The van der Waals surface area contributed by atoms with Crippen molar-refractivity contribution in [1.29, 1.82) is 0 Å². The van der Waals surface area contributed by atoms with Gasteiger partial charge in [0.15, 0.2) is 57.5 Å². The number of aromatic hydroxyl groups is 4. The Morgan fingerprint density at radius 1 is 0.381 bits per heavy atom. The zero-order valence-electron chi connectivity index (χ0n) is 60.6. The molecule has 0 bridgehead atoms. The van der Waals surface area contributed by atoms with E-state index in [0.29, 0.717) is 152 Å². The van der Waals surface area contributed by atoms with Crippen LogP contribution < -0.4 is 28.4 Å². The van der Waals surface area contributed by atoms with Gasteiger partial charge in [-0.15, -0.1) is 12.3 Å². The Balaban J connectivity index is 0.000000181. The zero-order valence-corrected chi connectivity index (χ0v) is 63.7. The van der Waals surface area contributed by atoms with E-state index in [1.54, 1.807) is 39.0 Å². The van der Waals surface area contributed by atoms with Crippen molar-refractivity contribution in [1.82, 2.24) is 0 Å². The first kappa shape index (κ1) is 83.1. The molecular formula is C77H86Cl4O24. The average Bonchev–Trinajstić information content (AvgIpc) is 1.62. The van der Waals surface area contributed by atoms with Crippen molar-refractivity contribution in [3.8, 4) is 69.8 Å². The van der Waals surface area contributed by atoms with Crippen LogP contribution in [-0.2, 0) is 42.9 Å². The van der Waals surface area contributed by atoms with E-state index in [2.05, 4.69) is 15.4 Å². The van der Waals surface area contributed by atoms with E-state index in [1.807, 2.05) is 20.8 Å². The monoisotopic (exact) mass is 1530 g/mol. The van der Waals surface area contributed by atoms with Crippen LogP contribution >= 0.6 is 46.4 Å². The number of phenolic OH excluding ortho intramolecular Hbond substituents is 4. The van der Waals surface area contributed by atoms with E-state index in [9.17, 15) is 58.5 Å². The van der Waals surface area contributed by atoms with Crippen LogP contribution in [0, 0.1) is 70.6 Å². The number of phenols is 4. The third kappa shape index (κ3) is 18.9. The molecule has 105 heavy (non-hydrogen) atoms. The molecule has 0 amide bonds. The summed E-state index contributed by atoms with van der Waals surface area (Å²) in [5.74, 6) is 0.866. The first-order valence-corrected chi connectivity index (χ1v) is 35.3. The molecule has 28 heteroatoms. The summed E-state index contributed by atoms with van der Waals surface area (Å²) in [6.45, 7) is 13.9. The molecule has 0 aromatic heterocycles. The molecule has 7 aliphatic rings. The number of Topliss-reactive ketones (excluding diaryl/α,β-unsaturated/α-hetero) is 4. The second-order valence-electron chi connectivity index (χ2n) is 26.4. The summed E-state index contributed by atoms with van der Waals surface area (Å²) in [7, 11) is 6.45. The summed E-state index contributed by atoms with van der Waals surface area (Å²) in [6.07, 6.45) is 16.0. The number of fused-ring (bicyclic) bond motifs is 3. The van der Waals surface area contributed by atoms with E-state index in [0.717, 1.165) is 51.4 Å². The number of hydrogen-bond acceptors (Lipinski definition) is 24. The molecule has 5 aromatic carbocycles. The van der Waals surface area contributed by atoms with Crippen LogP contribution in [0.2, 0.25) is 20.1 Å². The molecule has 12 rings (SSSR count). The van der Waals surface area contributed by atoms with Gasteiger partial charge in [-0.2, -0.15) is 0 Å². The molecule has 4 aliphatic carbocycles. The maximum Gasteiger partial charge on any atom is 0.338 e. The fourth-order valence-electron chi connectivity index (χ4n) is 13.1. The molecule has 4 fully saturated rings. The highest BCUT2D eigenvalue weighted by Crippen LogP contribution is 2.55. The number of carbonyl (C=O) groups is 9. The van der Waals surface area contributed by atoms with Crippen LogP contribution in [0.4, 0.5) is 0 Å². The van der Waals surface area contributed by atoms with Crippen molar-refractivity contribution in [2.45, 2.75) is 175 Å². The third-order valence-corrected chi connectivity index (χ3v) is 20.8. The van der Waals surface area contributed by atoms with Crippen LogP contribution in [-0.4, -0.2) is 126 Å². The number of halogens is 4. The number of terminal acetylenes is 1. The predicted molar refractivity (Wildman–Crippen MR) is 385 cm³/mol. The summed E-state index contributed by atoms with van der Waals surface area (Å²) in [4.78, 5) is 103. The summed E-state index contributed by atoms with van der Waals surface area (Å²) < 4.78 is 59.7. The minimum absolute atomic E-state index is 0.0894. The Kier molecular flexibility index (Phi) is 27.9. The highest BCUT2D eigenvalue weighted by molar-refractivity contribution is 6.34. The Hall–Kier alpha value is -9.15. The van der Waals surface area contributed by atoms with Gasteiger partial charge in [-0.25, -0.2) is 24.0 Å². The van der Waals surface area contributed by atoms with E-state index >= 15 is 0 Å². The van der Waals surface area contributed by atoms with E-state index in [-0.39, 0.29) is 68.3 Å². The van der Waals surface area contributed by atoms with Gasteiger partial charge in [-0.05, 0) is 122 Å². The normalized spacial score (nSPS) is 20.1. The van der Waals surface area contributed by atoms with Gasteiger partial charge in [0.1, 0.15) is 23.1 Å². The van der Waals surface area contributed by atoms with Crippen LogP contribution in [0.15, 0.2) is 36.4 Å². The quantitative estimate of drug-likeness (QED) is 0.0485. The fourth-order valence-corrected chi connectivity index (χ4v) is 14.0. The predicted octanol–water partition coefficient (Wildman–Crippen LogP) is 15.5. The molecule has 3 heterocycles. The first-order chi connectivity index (χ1) is 49.4. The van der Waals surface area contributed by atoms with Gasteiger partial charge in [-0.1, -0.05) is 46.4 Å².